The summed E-state index contributed by atoms with van der Waals surface area (Å²) in [6.07, 6.45) is 2.14. The van der Waals surface area contributed by atoms with Crippen molar-refractivity contribution < 1.29 is 19.1 Å². The van der Waals surface area contributed by atoms with Crippen molar-refractivity contribution in [2.75, 3.05) is 13.7 Å². The summed E-state index contributed by atoms with van der Waals surface area (Å²) in [5, 5.41) is 0. The quantitative estimate of drug-likeness (QED) is 0.722. The van der Waals surface area contributed by atoms with Gasteiger partial charge in [-0.05, 0) is 18.6 Å². The van der Waals surface area contributed by atoms with E-state index >= 15 is 0 Å². The summed E-state index contributed by atoms with van der Waals surface area (Å²) < 4.78 is 9.45. The molecule has 0 aromatic carbocycles. The lowest BCUT2D eigenvalue weighted by Gasteiger charge is -2.06. The fourth-order valence-corrected chi connectivity index (χ4v) is 1.10. The average molecular weight is 223 g/mol. The molecule has 0 bridgehead atoms. The van der Waals surface area contributed by atoms with Crippen LogP contribution in [0.3, 0.4) is 0 Å². The topological polar surface area (TPSA) is 65.5 Å². The van der Waals surface area contributed by atoms with Gasteiger partial charge in [-0.2, -0.15) is 0 Å². The van der Waals surface area contributed by atoms with E-state index < -0.39 is 11.9 Å². The number of esters is 2. The van der Waals surface area contributed by atoms with Gasteiger partial charge in [0.1, 0.15) is 0 Å². The first-order valence-electron chi connectivity index (χ1n) is 4.91. The van der Waals surface area contributed by atoms with E-state index in [-0.39, 0.29) is 11.3 Å². The van der Waals surface area contributed by atoms with Crippen LogP contribution in [-0.4, -0.2) is 30.6 Å². The molecular formula is C11H13NO4. The standard InChI is InChI=1S/C11H13NO4/c1-3-7-16-10(13)8-5-4-6-12-9(8)11(14)15-2/h4-6H,3,7H2,1-2H3. The average Bonchev–Trinajstić information content (AvgIpc) is 2.35. The minimum Gasteiger partial charge on any atom is -0.464 e. The summed E-state index contributed by atoms with van der Waals surface area (Å²) in [4.78, 5) is 26.7. The molecule has 0 saturated carbocycles. The molecule has 86 valence electrons. The first kappa shape index (κ1) is 12.2. The molecule has 0 saturated heterocycles. The van der Waals surface area contributed by atoms with Crippen LogP contribution in [0.2, 0.25) is 0 Å². The van der Waals surface area contributed by atoms with Crippen molar-refractivity contribution >= 4 is 11.9 Å². The van der Waals surface area contributed by atoms with Crippen molar-refractivity contribution in [2.45, 2.75) is 13.3 Å². The molecule has 1 aromatic rings. The minimum absolute atomic E-state index is 0.0221. The number of methoxy groups -OCH3 is 1. The number of rotatable bonds is 4. The van der Waals surface area contributed by atoms with E-state index in [2.05, 4.69) is 9.72 Å². The number of carbonyl (C=O) groups excluding carboxylic acids is 2. The molecule has 5 heteroatoms. The Hall–Kier alpha value is -1.91. The van der Waals surface area contributed by atoms with Crippen LogP contribution in [-0.2, 0) is 9.47 Å². The number of pyridine rings is 1. The van der Waals surface area contributed by atoms with E-state index in [0.717, 1.165) is 6.42 Å². The first-order valence-corrected chi connectivity index (χ1v) is 4.91. The third kappa shape index (κ3) is 2.79. The highest BCUT2D eigenvalue weighted by molar-refractivity contribution is 6.01. The Kier molecular flexibility index (Phi) is 4.44. The molecule has 0 spiro atoms. The van der Waals surface area contributed by atoms with Gasteiger partial charge in [0.2, 0.25) is 0 Å². The summed E-state index contributed by atoms with van der Waals surface area (Å²) in [5.41, 5.74) is 0.105. The van der Waals surface area contributed by atoms with E-state index in [9.17, 15) is 9.59 Å². The first-order chi connectivity index (χ1) is 7.70. The molecule has 0 radical (unpaired) electrons. The molecule has 0 atom stereocenters. The number of ether oxygens (including phenoxy) is 2. The molecule has 1 aromatic heterocycles. The molecule has 0 fully saturated rings. The van der Waals surface area contributed by atoms with Crippen LogP contribution in [0.4, 0.5) is 0 Å². The largest absolute Gasteiger partial charge is 0.464 e. The number of hydrogen-bond acceptors (Lipinski definition) is 5. The van der Waals surface area contributed by atoms with Crippen LogP contribution in [0.15, 0.2) is 18.3 Å². The Balaban J connectivity index is 2.94. The lowest BCUT2D eigenvalue weighted by molar-refractivity contribution is 0.0483. The highest BCUT2D eigenvalue weighted by Gasteiger charge is 2.19. The van der Waals surface area contributed by atoms with Gasteiger partial charge >= 0.3 is 11.9 Å². The lowest BCUT2D eigenvalue weighted by atomic mass is 10.2. The maximum Gasteiger partial charge on any atom is 0.357 e. The van der Waals surface area contributed by atoms with Crippen LogP contribution in [0.1, 0.15) is 34.2 Å². The second kappa shape index (κ2) is 5.85. The van der Waals surface area contributed by atoms with Crippen molar-refractivity contribution in [1.82, 2.24) is 4.98 Å². The van der Waals surface area contributed by atoms with Gasteiger partial charge in [-0.3, -0.25) is 0 Å². The van der Waals surface area contributed by atoms with Crippen molar-refractivity contribution in [3.63, 3.8) is 0 Å². The summed E-state index contributed by atoms with van der Waals surface area (Å²) in [6, 6.07) is 3.05. The van der Waals surface area contributed by atoms with Crippen LogP contribution in [0.5, 0.6) is 0 Å². The van der Waals surface area contributed by atoms with E-state index in [0.29, 0.717) is 6.61 Å². The smallest absolute Gasteiger partial charge is 0.357 e. The molecule has 0 amide bonds. The van der Waals surface area contributed by atoms with Gasteiger partial charge in [0.05, 0.1) is 19.3 Å². The maximum atomic E-state index is 11.6. The van der Waals surface area contributed by atoms with Crippen molar-refractivity contribution in [1.29, 1.82) is 0 Å². The summed E-state index contributed by atoms with van der Waals surface area (Å²) in [5.74, 6) is -1.21. The Morgan fingerprint density at radius 3 is 2.75 bits per heavy atom. The maximum absolute atomic E-state index is 11.6. The van der Waals surface area contributed by atoms with Crippen LogP contribution in [0.25, 0.3) is 0 Å². The van der Waals surface area contributed by atoms with Crippen LogP contribution < -0.4 is 0 Å². The van der Waals surface area contributed by atoms with Gasteiger partial charge in [0.25, 0.3) is 0 Å². The van der Waals surface area contributed by atoms with Gasteiger partial charge in [0, 0.05) is 6.20 Å². The van der Waals surface area contributed by atoms with E-state index in [1.165, 1.54) is 19.4 Å². The van der Waals surface area contributed by atoms with Crippen LogP contribution in [0, 0.1) is 0 Å². The predicted molar refractivity (Wildman–Crippen MR) is 56.2 cm³/mol. The second-order valence-electron chi connectivity index (χ2n) is 3.03. The fourth-order valence-electron chi connectivity index (χ4n) is 1.10. The van der Waals surface area contributed by atoms with E-state index in [4.69, 9.17) is 4.74 Å². The molecule has 16 heavy (non-hydrogen) atoms. The number of carbonyl (C=O) groups is 2. The SMILES string of the molecule is CCCOC(=O)c1cccnc1C(=O)OC. The van der Waals surface area contributed by atoms with Gasteiger partial charge in [0.15, 0.2) is 5.69 Å². The van der Waals surface area contributed by atoms with Crippen molar-refractivity contribution in [3.8, 4) is 0 Å². The number of aromatic nitrogens is 1. The highest BCUT2D eigenvalue weighted by atomic mass is 16.5. The van der Waals surface area contributed by atoms with Crippen molar-refractivity contribution in [3.05, 3.63) is 29.6 Å². The van der Waals surface area contributed by atoms with E-state index in [1.54, 1.807) is 6.07 Å². The van der Waals surface area contributed by atoms with E-state index in [1.807, 2.05) is 6.92 Å². The number of hydrogen-bond donors (Lipinski definition) is 0. The molecule has 0 aliphatic heterocycles. The monoisotopic (exact) mass is 223 g/mol. The zero-order chi connectivity index (χ0) is 12.0. The van der Waals surface area contributed by atoms with Gasteiger partial charge in [-0.1, -0.05) is 6.92 Å². The third-order valence-electron chi connectivity index (χ3n) is 1.84. The van der Waals surface area contributed by atoms with Crippen molar-refractivity contribution in [2.24, 2.45) is 0 Å². The molecule has 1 heterocycles. The summed E-state index contributed by atoms with van der Waals surface area (Å²) in [7, 11) is 1.23. The number of nitrogens with zero attached hydrogens (tertiary/aromatic N) is 1. The summed E-state index contributed by atoms with van der Waals surface area (Å²) >= 11 is 0. The normalized spacial score (nSPS) is 9.62. The molecule has 1 rings (SSSR count). The lowest BCUT2D eigenvalue weighted by Crippen LogP contribution is -2.14. The predicted octanol–water partition coefficient (Wildman–Crippen LogP) is 1.44. The molecule has 0 N–H and O–H groups in total. The molecule has 0 unspecified atom stereocenters. The fraction of sp³-hybridized carbons (Fsp3) is 0.364. The zero-order valence-electron chi connectivity index (χ0n) is 9.23. The van der Waals surface area contributed by atoms with Gasteiger partial charge in [-0.25, -0.2) is 14.6 Å². The Morgan fingerprint density at radius 2 is 2.12 bits per heavy atom. The Morgan fingerprint density at radius 1 is 1.38 bits per heavy atom. The molecule has 5 nitrogen and oxygen atoms in total. The molecular weight excluding hydrogens is 210 g/mol. The highest BCUT2D eigenvalue weighted by Crippen LogP contribution is 2.08. The summed E-state index contributed by atoms with van der Waals surface area (Å²) in [6.45, 7) is 2.20. The molecule has 0 aliphatic rings. The third-order valence-corrected chi connectivity index (χ3v) is 1.84. The van der Waals surface area contributed by atoms with Gasteiger partial charge < -0.3 is 9.47 Å². The zero-order valence-corrected chi connectivity index (χ0v) is 9.23. The minimum atomic E-state index is -0.649. The second-order valence-corrected chi connectivity index (χ2v) is 3.03. The molecule has 0 aliphatic carbocycles. The van der Waals surface area contributed by atoms with Crippen LogP contribution >= 0.6 is 0 Å². The van der Waals surface area contributed by atoms with Gasteiger partial charge in [-0.15, -0.1) is 0 Å². The Labute approximate surface area is 93.4 Å². The Bertz CT molecular complexity index is 389.